The molecule has 0 unspecified atom stereocenters. The maximum absolute atomic E-state index is 5.89. The molecule has 0 fully saturated rings. The molecule has 1 aromatic carbocycles. The minimum absolute atomic E-state index is 0.495. The van der Waals surface area contributed by atoms with Crippen LogP contribution in [-0.4, -0.2) is 12.1 Å². The normalized spacial score (nSPS) is 10.1. The number of pyridine rings is 1. The minimum atomic E-state index is 0.495. The second kappa shape index (κ2) is 6.26. The van der Waals surface area contributed by atoms with Crippen molar-refractivity contribution in [3.05, 3.63) is 53.7 Å². The molecular formula is C14H15ClN2O. The lowest BCUT2D eigenvalue weighted by Gasteiger charge is -2.10. The molecule has 1 heterocycles. The molecule has 4 heteroatoms. The summed E-state index contributed by atoms with van der Waals surface area (Å²) in [6, 6.07) is 13.7. The van der Waals surface area contributed by atoms with Crippen LogP contribution in [0.5, 0.6) is 5.88 Å². The van der Waals surface area contributed by atoms with Gasteiger partial charge in [0.25, 0.3) is 0 Å². The quantitative estimate of drug-likeness (QED) is 0.838. The van der Waals surface area contributed by atoms with Gasteiger partial charge in [-0.15, -0.1) is 11.6 Å². The lowest BCUT2D eigenvalue weighted by molar-refractivity contribution is 0.396. The van der Waals surface area contributed by atoms with E-state index in [1.807, 2.05) is 42.5 Å². The molecule has 3 nitrogen and oxygen atoms in total. The Kier molecular flexibility index (Phi) is 4.42. The number of halogens is 1. The lowest BCUT2D eigenvalue weighted by Crippen LogP contribution is -2.04. The zero-order valence-corrected chi connectivity index (χ0v) is 10.9. The minimum Gasteiger partial charge on any atom is -0.481 e. The Balaban J connectivity index is 2.06. The fourth-order valence-electron chi connectivity index (χ4n) is 1.66. The Morgan fingerprint density at radius 3 is 2.78 bits per heavy atom. The topological polar surface area (TPSA) is 34.1 Å². The molecule has 0 saturated carbocycles. The van der Waals surface area contributed by atoms with Gasteiger partial charge in [0.05, 0.1) is 19.3 Å². The molecular weight excluding hydrogens is 248 g/mol. The Labute approximate surface area is 112 Å². The van der Waals surface area contributed by atoms with Crippen LogP contribution in [0.1, 0.15) is 11.3 Å². The first-order chi connectivity index (χ1) is 8.83. The molecule has 2 aromatic rings. The van der Waals surface area contributed by atoms with Gasteiger partial charge in [-0.05, 0) is 17.7 Å². The van der Waals surface area contributed by atoms with Gasteiger partial charge in [0.2, 0.25) is 5.88 Å². The Morgan fingerprint density at radius 2 is 2.00 bits per heavy atom. The van der Waals surface area contributed by atoms with E-state index in [1.165, 1.54) is 0 Å². The average molecular weight is 263 g/mol. The van der Waals surface area contributed by atoms with E-state index in [1.54, 1.807) is 7.11 Å². The van der Waals surface area contributed by atoms with Gasteiger partial charge in [0, 0.05) is 17.6 Å². The maximum atomic E-state index is 5.89. The van der Waals surface area contributed by atoms with E-state index >= 15 is 0 Å². The highest BCUT2D eigenvalue weighted by molar-refractivity contribution is 6.17. The number of benzene rings is 1. The first-order valence-corrected chi connectivity index (χ1v) is 6.24. The Bertz CT molecular complexity index is 517. The number of anilines is 1. The first-order valence-electron chi connectivity index (χ1n) is 5.71. The highest BCUT2D eigenvalue weighted by Gasteiger charge is 2.01. The van der Waals surface area contributed by atoms with Crippen LogP contribution in [0.4, 0.5) is 5.69 Å². The second-order valence-electron chi connectivity index (χ2n) is 3.82. The summed E-state index contributed by atoms with van der Waals surface area (Å²) in [5.41, 5.74) is 3.05. The number of para-hydroxylation sites is 1. The molecule has 94 valence electrons. The predicted octanol–water partition coefficient (Wildman–Crippen LogP) is 3.44. The third-order valence-corrected chi connectivity index (χ3v) is 2.90. The second-order valence-corrected chi connectivity index (χ2v) is 4.08. The van der Waals surface area contributed by atoms with E-state index < -0.39 is 0 Å². The van der Waals surface area contributed by atoms with Crippen molar-refractivity contribution in [1.29, 1.82) is 0 Å². The summed E-state index contributed by atoms with van der Waals surface area (Å²) in [6.07, 6.45) is 0. The third kappa shape index (κ3) is 3.14. The summed E-state index contributed by atoms with van der Waals surface area (Å²) in [6.45, 7) is 0.644. The van der Waals surface area contributed by atoms with Crippen molar-refractivity contribution in [3.8, 4) is 5.88 Å². The molecule has 2 rings (SSSR count). The Morgan fingerprint density at radius 1 is 1.17 bits per heavy atom. The number of rotatable bonds is 5. The summed E-state index contributed by atoms with van der Waals surface area (Å²) in [5, 5.41) is 3.33. The molecule has 0 amide bonds. The molecule has 0 saturated heterocycles. The highest BCUT2D eigenvalue weighted by Crippen LogP contribution is 2.18. The number of hydrogen-bond donors (Lipinski definition) is 1. The van der Waals surface area contributed by atoms with Crippen molar-refractivity contribution in [3.63, 3.8) is 0 Å². The van der Waals surface area contributed by atoms with Gasteiger partial charge in [-0.25, -0.2) is 4.98 Å². The van der Waals surface area contributed by atoms with Crippen LogP contribution in [-0.2, 0) is 12.4 Å². The van der Waals surface area contributed by atoms with E-state index in [-0.39, 0.29) is 0 Å². The summed E-state index contributed by atoms with van der Waals surface area (Å²) in [5.74, 6) is 1.12. The van der Waals surface area contributed by atoms with Gasteiger partial charge < -0.3 is 10.1 Å². The monoisotopic (exact) mass is 262 g/mol. The third-order valence-electron chi connectivity index (χ3n) is 2.61. The van der Waals surface area contributed by atoms with E-state index in [4.69, 9.17) is 16.3 Å². The molecule has 0 aliphatic rings. The molecule has 1 N–H and O–H groups in total. The van der Waals surface area contributed by atoms with Crippen LogP contribution >= 0.6 is 11.6 Å². The van der Waals surface area contributed by atoms with E-state index in [9.17, 15) is 0 Å². The molecule has 0 radical (unpaired) electrons. The summed E-state index contributed by atoms with van der Waals surface area (Å²) in [4.78, 5) is 4.34. The summed E-state index contributed by atoms with van der Waals surface area (Å²) in [7, 11) is 1.61. The van der Waals surface area contributed by atoms with E-state index in [0.29, 0.717) is 18.3 Å². The fraction of sp³-hybridized carbons (Fsp3) is 0.214. The van der Waals surface area contributed by atoms with E-state index in [0.717, 1.165) is 16.9 Å². The summed E-state index contributed by atoms with van der Waals surface area (Å²) >= 11 is 5.89. The van der Waals surface area contributed by atoms with Crippen molar-refractivity contribution in [2.24, 2.45) is 0 Å². The smallest absolute Gasteiger partial charge is 0.213 e. The van der Waals surface area contributed by atoms with Crippen LogP contribution < -0.4 is 10.1 Å². The molecule has 18 heavy (non-hydrogen) atoms. The standard InChI is InChI=1S/C14H15ClN2O/c1-18-14-8-4-6-12(17-14)10-16-13-7-3-2-5-11(13)9-15/h2-8,16H,9-10H2,1H3. The number of methoxy groups -OCH3 is 1. The highest BCUT2D eigenvalue weighted by atomic mass is 35.5. The number of hydrogen-bond acceptors (Lipinski definition) is 3. The lowest BCUT2D eigenvalue weighted by atomic mass is 10.2. The van der Waals surface area contributed by atoms with Crippen LogP contribution in [0.3, 0.4) is 0 Å². The average Bonchev–Trinajstić information content (AvgIpc) is 2.45. The van der Waals surface area contributed by atoms with Crippen molar-refractivity contribution in [2.75, 3.05) is 12.4 Å². The predicted molar refractivity (Wildman–Crippen MR) is 74.1 cm³/mol. The SMILES string of the molecule is COc1cccc(CNc2ccccc2CCl)n1. The first kappa shape index (κ1) is 12.7. The number of nitrogens with zero attached hydrogens (tertiary/aromatic N) is 1. The zero-order valence-electron chi connectivity index (χ0n) is 10.2. The molecule has 0 atom stereocenters. The number of ether oxygens (including phenoxy) is 1. The van der Waals surface area contributed by atoms with Gasteiger partial charge in [-0.2, -0.15) is 0 Å². The van der Waals surface area contributed by atoms with Crippen LogP contribution in [0, 0.1) is 0 Å². The summed E-state index contributed by atoms with van der Waals surface area (Å²) < 4.78 is 5.09. The van der Waals surface area contributed by atoms with Gasteiger partial charge in [-0.3, -0.25) is 0 Å². The van der Waals surface area contributed by atoms with Crippen molar-refractivity contribution in [2.45, 2.75) is 12.4 Å². The van der Waals surface area contributed by atoms with Crippen LogP contribution in [0.15, 0.2) is 42.5 Å². The van der Waals surface area contributed by atoms with Crippen molar-refractivity contribution < 1.29 is 4.74 Å². The molecule has 0 bridgehead atoms. The molecule has 0 aliphatic heterocycles. The number of aromatic nitrogens is 1. The number of nitrogens with one attached hydrogen (secondary N) is 1. The van der Waals surface area contributed by atoms with Crippen molar-refractivity contribution >= 4 is 17.3 Å². The van der Waals surface area contributed by atoms with E-state index in [2.05, 4.69) is 10.3 Å². The molecule has 1 aromatic heterocycles. The van der Waals surface area contributed by atoms with Gasteiger partial charge in [0.15, 0.2) is 0 Å². The van der Waals surface area contributed by atoms with Crippen LogP contribution in [0.25, 0.3) is 0 Å². The van der Waals surface area contributed by atoms with Crippen molar-refractivity contribution in [1.82, 2.24) is 4.98 Å². The molecule has 0 spiro atoms. The maximum Gasteiger partial charge on any atom is 0.213 e. The largest absolute Gasteiger partial charge is 0.481 e. The van der Waals surface area contributed by atoms with Gasteiger partial charge in [0.1, 0.15) is 0 Å². The van der Waals surface area contributed by atoms with Gasteiger partial charge >= 0.3 is 0 Å². The number of alkyl halides is 1. The molecule has 0 aliphatic carbocycles. The Hall–Kier alpha value is -1.74. The zero-order chi connectivity index (χ0) is 12.8. The van der Waals surface area contributed by atoms with Gasteiger partial charge in [-0.1, -0.05) is 24.3 Å². The fourth-order valence-corrected chi connectivity index (χ4v) is 1.90. The van der Waals surface area contributed by atoms with Crippen LogP contribution in [0.2, 0.25) is 0 Å².